The second-order valence-electron chi connectivity index (χ2n) is 8.52. The summed E-state index contributed by atoms with van der Waals surface area (Å²) >= 11 is 1.72. The van der Waals surface area contributed by atoms with Gasteiger partial charge in [-0.3, -0.25) is 0 Å². The molecule has 5 rings (SSSR count). The van der Waals surface area contributed by atoms with Crippen LogP contribution in [0.2, 0.25) is 0 Å². The molecule has 166 valence electrons. The van der Waals surface area contributed by atoms with Crippen molar-refractivity contribution in [2.45, 2.75) is 13.8 Å². The topological polar surface area (TPSA) is 3.24 Å². The van der Waals surface area contributed by atoms with Gasteiger partial charge in [0.05, 0.1) is 0 Å². The highest BCUT2D eigenvalue weighted by atomic mass is 32.1. The zero-order valence-corrected chi connectivity index (χ0v) is 20.3. The lowest BCUT2D eigenvalue weighted by Gasteiger charge is -2.27. The molecule has 5 aromatic rings. The fourth-order valence-corrected chi connectivity index (χ4v) is 4.76. The summed E-state index contributed by atoms with van der Waals surface area (Å²) < 4.78 is 0. The molecule has 1 nitrogen and oxygen atoms in total. The first-order valence-electron chi connectivity index (χ1n) is 11.5. The number of hydrogen-bond donors (Lipinski definition) is 0. The van der Waals surface area contributed by atoms with Crippen LogP contribution in [-0.4, -0.2) is 0 Å². The predicted molar refractivity (Wildman–Crippen MR) is 149 cm³/mol. The van der Waals surface area contributed by atoms with Crippen LogP contribution in [0.15, 0.2) is 114 Å². The van der Waals surface area contributed by atoms with Gasteiger partial charge in [-0.25, -0.2) is 0 Å². The first-order valence-corrected chi connectivity index (χ1v) is 12.4. The van der Waals surface area contributed by atoms with Crippen LogP contribution in [0.1, 0.15) is 22.3 Å². The van der Waals surface area contributed by atoms with Crippen LogP contribution in [-0.2, 0) is 0 Å². The SMILES string of the molecule is Cc1ccc(-c2ccc(N(c3ccccc3)c3ccc(C=Cc4ccsc4)cc3)c(C)c2)cc1. The van der Waals surface area contributed by atoms with E-state index in [9.17, 15) is 0 Å². The van der Waals surface area contributed by atoms with Crippen molar-refractivity contribution >= 4 is 40.6 Å². The summed E-state index contributed by atoms with van der Waals surface area (Å²) in [5.74, 6) is 0. The third-order valence-electron chi connectivity index (χ3n) is 6.00. The van der Waals surface area contributed by atoms with Gasteiger partial charge in [-0.05, 0) is 94.9 Å². The zero-order chi connectivity index (χ0) is 23.3. The highest BCUT2D eigenvalue weighted by Gasteiger charge is 2.15. The molecule has 0 saturated carbocycles. The van der Waals surface area contributed by atoms with Crippen molar-refractivity contribution in [3.05, 3.63) is 136 Å². The van der Waals surface area contributed by atoms with E-state index in [1.165, 1.54) is 39.1 Å². The molecule has 1 heterocycles. The molecule has 0 N–H and O–H groups in total. The number of hydrogen-bond acceptors (Lipinski definition) is 2. The molecule has 0 aliphatic carbocycles. The maximum atomic E-state index is 2.33. The first-order chi connectivity index (χ1) is 16.7. The molecule has 0 aliphatic rings. The van der Waals surface area contributed by atoms with Crippen molar-refractivity contribution in [2.24, 2.45) is 0 Å². The number of nitrogens with zero attached hydrogens (tertiary/aromatic N) is 1. The van der Waals surface area contributed by atoms with Crippen molar-refractivity contribution in [3.8, 4) is 11.1 Å². The molecule has 0 aliphatic heterocycles. The summed E-state index contributed by atoms with van der Waals surface area (Å²) in [5.41, 5.74) is 10.9. The highest BCUT2D eigenvalue weighted by Crippen LogP contribution is 2.38. The summed E-state index contributed by atoms with van der Waals surface area (Å²) in [6, 6.07) is 37.0. The fraction of sp³-hybridized carbons (Fsp3) is 0.0625. The van der Waals surface area contributed by atoms with Crippen LogP contribution in [0.4, 0.5) is 17.1 Å². The summed E-state index contributed by atoms with van der Waals surface area (Å²) in [4.78, 5) is 2.33. The minimum absolute atomic E-state index is 1.14. The summed E-state index contributed by atoms with van der Waals surface area (Å²) in [5, 5.41) is 4.26. The molecule has 0 amide bonds. The number of aryl methyl sites for hydroxylation is 2. The Bertz CT molecular complexity index is 1380. The van der Waals surface area contributed by atoms with E-state index in [0.29, 0.717) is 0 Å². The first kappa shape index (κ1) is 21.9. The lowest BCUT2D eigenvalue weighted by molar-refractivity contribution is 1.25. The Kier molecular flexibility index (Phi) is 6.42. The van der Waals surface area contributed by atoms with Crippen molar-refractivity contribution < 1.29 is 0 Å². The fourth-order valence-electron chi connectivity index (χ4n) is 4.13. The second-order valence-corrected chi connectivity index (χ2v) is 9.30. The Morgan fingerprint density at radius 2 is 1.29 bits per heavy atom. The number of benzene rings is 4. The third-order valence-corrected chi connectivity index (χ3v) is 6.70. The summed E-state index contributed by atoms with van der Waals surface area (Å²) in [7, 11) is 0. The van der Waals surface area contributed by atoms with Crippen molar-refractivity contribution in [2.75, 3.05) is 4.90 Å². The largest absolute Gasteiger partial charge is 0.310 e. The maximum absolute atomic E-state index is 2.33. The van der Waals surface area contributed by atoms with E-state index in [4.69, 9.17) is 0 Å². The Labute approximate surface area is 206 Å². The lowest BCUT2D eigenvalue weighted by atomic mass is 10.0. The lowest BCUT2D eigenvalue weighted by Crippen LogP contribution is -2.11. The van der Waals surface area contributed by atoms with Crippen LogP contribution >= 0.6 is 11.3 Å². The smallest absolute Gasteiger partial charge is 0.0491 e. The number of thiophene rings is 1. The van der Waals surface area contributed by atoms with Gasteiger partial charge in [-0.2, -0.15) is 11.3 Å². The molecule has 1 aromatic heterocycles. The summed E-state index contributed by atoms with van der Waals surface area (Å²) in [6.45, 7) is 4.32. The van der Waals surface area contributed by atoms with E-state index in [2.05, 4.69) is 145 Å². The van der Waals surface area contributed by atoms with E-state index in [1.807, 2.05) is 0 Å². The van der Waals surface area contributed by atoms with Crippen LogP contribution in [0.5, 0.6) is 0 Å². The van der Waals surface area contributed by atoms with Crippen LogP contribution < -0.4 is 4.90 Å². The van der Waals surface area contributed by atoms with Crippen LogP contribution in [0, 0.1) is 13.8 Å². The van der Waals surface area contributed by atoms with Gasteiger partial charge in [-0.15, -0.1) is 0 Å². The van der Waals surface area contributed by atoms with E-state index in [-0.39, 0.29) is 0 Å². The molecule has 0 atom stereocenters. The maximum Gasteiger partial charge on any atom is 0.0491 e. The molecule has 0 unspecified atom stereocenters. The molecule has 0 radical (unpaired) electrons. The van der Waals surface area contributed by atoms with Crippen molar-refractivity contribution in [1.82, 2.24) is 0 Å². The van der Waals surface area contributed by atoms with Crippen molar-refractivity contribution in [3.63, 3.8) is 0 Å². The average Bonchev–Trinajstić information content (AvgIpc) is 3.40. The molecule has 0 fully saturated rings. The van der Waals surface area contributed by atoms with Crippen LogP contribution in [0.25, 0.3) is 23.3 Å². The molecule has 2 heteroatoms. The van der Waals surface area contributed by atoms with E-state index >= 15 is 0 Å². The molecule has 0 spiro atoms. The van der Waals surface area contributed by atoms with Gasteiger partial charge in [0.25, 0.3) is 0 Å². The average molecular weight is 458 g/mol. The highest BCUT2D eigenvalue weighted by molar-refractivity contribution is 7.08. The quantitative estimate of drug-likeness (QED) is 0.245. The zero-order valence-electron chi connectivity index (χ0n) is 19.5. The van der Waals surface area contributed by atoms with Gasteiger partial charge in [0.15, 0.2) is 0 Å². The molecule has 0 saturated heterocycles. The van der Waals surface area contributed by atoms with Gasteiger partial charge >= 0.3 is 0 Å². The molecule has 0 bridgehead atoms. The Hall–Kier alpha value is -3.88. The third kappa shape index (κ3) is 4.88. The van der Waals surface area contributed by atoms with Crippen LogP contribution in [0.3, 0.4) is 0 Å². The minimum Gasteiger partial charge on any atom is -0.310 e. The number of rotatable bonds is 6. The normalized spacial score (nSPS) is 11.1. The molecular weight excluding hydrogens is 430 g/mol. The van der Waals surface area contributed by atoms with Gasteiger partial charge in [0.2, 0.25) is 0 Å². The predicted octanol–water partition coefficient (Wildman–Crippen LogP) is 9.67. The van der Waals surface area contributed by atoms with Crippen molar-refractivity contribution in [1.29, 1.82) is 0 Å². The van der Waals surface area contributed by atoms with Gasteiger partial charge in [0.1, 0.15) is 0 Å². The second kappa shape index (κ2) is 9.94. The summed E-state index contributed by atoms with van der Waals surface area (Å²) in [6.07, 6.45) is 4.33. The van der Waals surface area contributed by atoms with E-state index in [1.54, 1.807) is 11.3 Å². The number of para-hydroxylation sites is 1. The standard InChI is InChI=1S/C32H27NS/c1-24-8-14-28(15-9-24)29-16-19-32(25(2)22-29)33(30-6-4-3-5-7-30)31-17-12-26(13-18-31)10-11-27-20-21-34-23-27/h3-23H,1-2H3. The van der Waals surface area contributed by atoms with Gasteiger partial charge in [0, 0.05) is 17.1 Å². The molecular formula is C32H27NS. The Morgan fingerprint density at radius 1 is 0.618 bits per heavy atom. The number of anilines is 3. The Morgan fingerprint density at radius 3 is 1.97 bits per heavy atom. The Balaban J connectivity index is 1.50. The van der Waals surface area contributed by atoms with E-state index in [0.717, 1.165) is 11.4 Å². The monoisotopic (exact) mass is 457 g/mol. The molecule has 4 aromatic carbocycles. The van der Waals surface area contributed by atoms with Gasteiger partial charge in [-0.1, -0.05) is 78.4 Å². The van der Waals surface area contributed by atoms with E-state index < -0.39 is 0 Å². The minimum atomic E-state index is 1.14. The molecule has 34 heavy (non-hydrogen) atoms. The van der Waals surface area contributed by atoms with Gasteiger partial charge < -0.3 is 4.90 Å².